The minimum absolute atomic E-state index is 0.0235. The van der Waals surface area contributed by atoms with Crippen LogP contribution in [0.1, 0.15) is 50.3 Å². The van der Waals surface area contributed by atoms with Gasteiger partial charge in [-0.3, -0.25) is 9.69 Å². The van der Waals surface area contributed by atoms with Crippen LogP contribution in [-0.4, -0.2) is 23.4 Å². The first-order valence-electron chi connectivity index (χ1n) is 9.02. The normalized spacial score (nSPS) is 11.0. The fraction of sp³-hybridized carbons (Fsp3) is 0.364. The van der Waals surface area contributed by atoms with Crippen LogP contribution in [0.4, 0.5) is 5.69 Å². The monoisotopic (exact) mass is 349 g/mol. The van der Waals surface area contributed by atoms with Gasteiger partial charge in [-0.1, -0.05) is 38.1 Å². The number of anilines is 1. The molecule has 2 rings (SSSR count). The molecule has 0 radical (unpaired) electrons. The highest BCUT2D eigenvalue weighted by Gasteiger charge is 2.15. The lowest BCUT2D eigenvalue weighted by Crippen LogP contribution is -2.37. The van der Waals surface area contributed by atoms with E-state index in [0.717, 1.165) is 11.3 Å². The Labute approximate surface area is 156 Å². The van der Waals surface area contributed by atoms with Crippen LogP contribution >= 0.6 is 0 Å². The molecule has 0 unspecified atom stereocenters. The fourth-order valence-corrected chi connectivity index (χ4v) is 2.68. The maximum Gasteiger partial charge on any atom is 0.238 e. The minimum Gasteiger partial charge on any atom is -0.325 e. The summed E-state index contributed by atoms with van der Waals surface area (Å²) in [6.45, 7) is 9.45. The zero-order valence-corrected chi connectivity index (χ0v) is 16.0. The molecule has 0 aliphatic heterocycles. The van der Waals surface area contributed by atoms with Crippen LogP contribution in [0.25, 0.3) is 0 Å². The lowest BCUT2D eigenvalue weighted by Gasteiger charge is -2.26. The number of amides is 1. The van der Waals surface area contributed by atoms with Crippen molar-refractivity contribution in [2.24, 2.45) is 0 Å². The molecule has 26 heavy (non-hydrogen) atoms. The summed E-state index contributed by atoms with van der Waals surface area (Å²) < 4.78 is 0. The number of carbonyl (C=O) groups is 1. The van der Waals surface area contributed by atoms with E-state index in [9.17, 15) is 4.79 Å². The third kappa shape index (κ3) is 5.72. The number of benzene rings is 2. The zero-order valence-electron chi connectivity index (χ0n) is 16.0. The van der Waals surface area contributed by atoms with Gasteiger partial charge in [-0.25, -0.2) is 0 Å². The number of rotatable bonds is 7. The Bertz CT molecular complexity index is 755. The van der Waals surface area contributed by atoms with E-state index in [1.807, 2.05) is 36.4 Å². The highest BCUT2D eigenvalue weighted by molar-refractivity contribution is 5.92. The predicted molar refractivity (Wildman–Crippen MR) is 106 cm³/mol. The molecule has 2 aromatic carbocycles. The minimum atomic E-state index is -0.0235. The van der Waals surface area contributed by atoms with Crippen LogP contribution in [0.5, 0.6) is 0 Å². The Hall–Kier alpha value is -2.64. The van der Waals surface area contributed by atoms with Crippen LogP contribution in [0.2, 0.25) is 0 Å². The lowest BCUT2D eigenvalue weighted by atomic mass is 10.0. The quantitative estimate of drug-likeness (QED) is 0.799. The van der Waals surface area contributed by atoms with Crippen molar-refractivity contribution >= 4 is 11.6 Å². The van der Waals surface area contributed by atoms with Crippen molar-refractivity contribution in [3.8, 4) is 6.07 Å². The van der Waals surface area contributed by atoms with Gasteiger partial charge in [-0.15, -0.1) is 0 Å². The highest BCUT2D eigenvalue weighted by atomic mass is 16.2. The van der Waals surface area contributed by atoms with Crippen molar-refractivity contribution < 1.29 is 4.79 Å². The van der Waals surface area contributed by atoms with Gasteiger partial charge >= 0.3 is 0 Å². The van der Waals surface area contributed by atoms with E-state index in [-0.39, 0.29) is 11.9 Å². The van der Waals surface area contributed by atoms with E-state index < -0.39 is 0 Å². The van der Waals surface area contributed by atoms with Crippen molar-refractivity contribution in [2.45, 2.75) is 46.2 Å². The second kappa shape index (κ2) is 9.17. The molecule has 2 aromatic rings. The van der Waals surface area contributed by atoms with Crippen molar-refractivity contribution in [3.05, 3.63) is 65.2 Å². The smallest absolute Gasteiger partial charge is 0.238 e. The van der Waals surface area contributed by atoms with E-state index in [0.29, 0.717) is 24.6 Å². The average molecular weight is 349 g/mol. The number of nitrogens with zero attached hydrogens (tertiary/aromatic N) is 2. The molecule has 0 atom stereocenters. The second-order valence-corrected chi connectivity index (χ2v) is 7.13. The molecule has 1 N–H and O–H groups in total. The lowest BCUT2D eigenvalue weighted by molar-refractivity contribution is -0.117. The Morgan fingerprint density at radius 3 is 2.15 bits per heavy atom. The van der Waals surface area contributed by atoms with Crippen molar-refractivity contribution in [2.75, 3.05) is 11.9 Å². The van der Waals surface area contributed by atoms with Gasteiger partial charge in [0.15, 0.2) is 0 Å². The second-order valence-electron chi connectivity index (χ2n) is 7.13. The first-order chi connectivity index (χ1) is 12.4. The highest BCUT2D eigenvalue weighted by Crippen LogP contribution is 2.17. The van der Waals surface area contributed by atoms with Gasteiger partial charge in [-0.2, -0.15) is 5.26 Å². The van der Waals surface area contributed by atoms with Crippen molar-refractivity contribution in [3.63, 3.8) is 0 Å². The molecular weight excluding hydrogens is 322 g/mol. The van der Waals surface area contributed by atoms with Gasteiger partial charge in [-0.05, 0) is 55.2 Å². The molecule has 0 saturated carbocycles. The summed E-state index contributed by atoms with van der Waals surface area (Å²) in [6.07, 6.45) is 0. The molecule has 0 saturated heterocycles. The molecule has 4 heteroatoms. The largest absolute Gasteiger partial charge is 0.325 e. The van der Waals surface area contributed by atoms with E-state index in [2.05, 4.69) is 56.1 Å². The zero-order chi connectivity index (χ0) is 19.1. The van der Waals surface area contributed by atoms with Crippen LogP contribution in [0.15, 0.2) is 48.5 Å². The standard InChI is InChI=1S/C22H27N3O/c1-16(2)20-9-11-21(12-10-20)24-22(26)15-25(17(3)4)14-19-7-5-18(13-23)6-8-19/h5-12,16-17H,14-15H2,1-4H3,(H,24,26). The maximum absolute atomic E-state index is 12.4. The van der Waals surface area contributed by atoms with Crippen LogP contribution in [0, 0.1) is 11.3 Å². The predicted octanol–water partition coefficient (Wildman–Crippen LogP) is 4.53. The van der Waals surface area contributed by atoms with Gasteiger partial charge in [0.25, 0.3) is 0 Å². The summed E-state index contributed by atoms with van der Waals surface area (Å²) in [6, 6.07) is 17.9. The van der Waals surface area contributed by atoms with Gasteiger partial charge in [0.05, 0.1) is 18.2 Å². The molecule has 0 bridgehead atoms. The first kappa shape index (κ1) is 19.7. The van der Waals surface area contributed by atoms with Gasteiger partial charge in [0.1, 0.15) is 0 Å². The van der Waals surface area contributed by atoms with E-state index in [4.69, 9.17) is 5.26 Å². The summed E-state index contributed by atoms with van der Waals surface area (Å²) in [4.78, 5) is 14.6. The van der Waals surface area contributed by atoms with Crippen LogP contribution < -0.4 is 5.32 Å². The Balaban J connectivity index is 1.97. The summed E-state index contributed by atoms with van der Waals surface area (Å²) in [5.74, 6) is 0.452. The number of carbonyl (C=O) groups excluding carboxylic acids is 1. The molecule has 0 heterocycles. The molecule has 4 nitrogen and oxygen atoms in total. The van der Waals surface area contributed by atoms with Crippen molar-refractivity contribution in [1.29, 1.82) is 5.26 Å². The molecule has 0 aliphatic carbocycles. The van der Waals surface area contributed by atoms with E-state index in [1.54, 1.807) is 0 Å². The Morgan fingerprint density at radius 2 is 1.65 bits per heavy atom. The van der Waals surface area contributed by atoms with Gasteiger partial charge in [0, 0.05) is 18.3 Å². The summed E-state index contributed by atoms with van der Waals surface area (Å²) >= 11 is 0. The van der Waals surface area contributed by atoms with E-state index >= 15 is 0 Å². The van der Waals surface area contributed by atoms with Gasteiger partial charge < -0.3 is 5.32 Å². The van der Waals surface area contributed by atoms with Crippen LogP contribution in [-0.2, 0) is 11.3 Å². The molecule has 0 fully saturated rings. The number of hydrogen-bond acceptors (Lipinski definition) is 3. The van der Waals surface area contributed by atoms with Gasteiger partial charge in [0.2, 0.25) is 5.91 Å². The first-order valence-corrected chi connectivity index (χ1v) is 9.02. The number of hydrogen-bond donors (Lipinski definition) is 1. The maximum atomic E-state index is 12.4. The average Bonchev–Trinajstić information content (AvgIpc) is 2.62. The summed E-state index contributed by atoms with van der Waals surface area (Å²) in [5, 5.41) is 11.9. The molecule has 0 spiro atoms. The molecule has 0 aromatic heterocycles. The number of nitriles is 1. The number of nitrogens with one attached hydrogen (secondary N) is 1. The summed E-state index contributed by atoms with van der Waals surface area (Å²) in [5.41, 5.74) is 3.81. The SMILES string of the molecule is CC(C)c1ccc(NC(=O)CN(Cc2ccc(C#N)cc2)C(C)C)cc1. The molecule has 0 aliphatic rings. The fourth-order valence-electron chi connectivity index (χ4n) is 2.68. The topological polar surface area (TPSA) is 56.1 Å². The summed E-state index contributed by atoms with van der Waals surface area (Å²) in [7, 11) is 0. The molecule has 1 amide bonds. The van der Waals surface area contributed by atoms with E-state index in [1.165, 1.54) is 5.56 Å². The Morgan fingerprint density at radius 1 is 1.04 bits per heavy atom. The molecular formula is C22H27N3O. The third-order valence-corrected chi connectivity index (χ3v) is 4.41. The molecule has 136 valence electrons. The van der Waals surface area contributed by atoms with Crippen LogP contribution in [0.3, 0.4) is 0 Å². The Kier molecular flexibility index (Phi) is 6.94. The third-order valence-electron chi connectivity index (χ3n) is 4.41. The van der Waals surface area contributed by atoms with Crippen molar-refractivity contribution in [1.82, 2.24) is 4.90 Å².